The van der Waals surface area contributed by atoms with Crippen LogP contribution < -0.4 is 5.32 Å². The molecule has 3 rings (SSSR count). The van der Waals surface area contributed by atoms with Crippen LogP contribution in [-0.4, -0.2) is 22.5 Å². The Hall–Kier alpha value is -2.17. The molecule has 0 spiro atoms. The Balaban J connectivity index is 1.66. The van der Waals surface area contributed by atoms with Crippen molar-refractivity contribution in [2.45, 2.75) is 6.42 Å². The zero-order chi connectivity index (χ0) is 16.4. The molecule has 0 unspecified atom stereocenters. The molecule has 0 saturated carbocycles. The molecular formula is C17H14Cl2N2O2. The van der Waals surface area contributed by atoms with Crippen molar-refractivity contribution < 1.29 is 9.90 Å². The normalized spacial score (nSPS) is 10.9. The lowest BCUT2D eigenvalue weighted by Gasteiger charge is -2.07. The van der Waals surface area contributed by atoms with Gasteiger partial charge in [-0.3, -0.25) is 4.79 Å². The summed E-state index contributed by atoms with van der Waals surface area (Å²) in [5, 5.41) is 14.6. The van der Waals surface area contributed by atoms with E-state index in [0.717, 1.165) is 16.5 Å². The van der Waals surface area contributed by atoms with Gasteiger partial charge in [-0.15, -0.1) is 0 Å². The highest BCUT2D eigenvalue weighted by Gasteiger charge is 2.11. The van der Waals surface area contributed by atoms with Gasteiger partial charge in [0.05, 0.1) is 5.56 Å². The topological polar surface area (TPSA) is 65.1 Å². The van der Waals surface area contributed by atoms with Crippen LogP contribution in [0.25, 0.3) is 10.9 Å². The van der Waals surface area contributed by atoms with E-state index in [9.17, 15) is 9.90 Å². The summed E-state index contributed by atoms with van der Waals surface area (Å²) in [6.07, 6.45) is 2.56. The molecule has 2 aromatic carbocycles. The van der Waals surface area contributed by atoms with Crippen molar-refractivity contribution in [3.8, 4) is 5.75 Å². The zero-order valence-corrected chi connectivity index (χ0v) is 13.6. The summed E-state index contributed by atoms with van der Waals surface area (Å²) in [5.41, 5.74) is 2.28. The molecule has 0 saturated heterocycles. The van der Waals surface area contributed by atoms with Crippen molar-refractivity contribution in [2.24, 2.45) is 0 Å². The summed E-state index contributed by atoms with van der Waals surface area (Å²) >= 11 is 11.8. The average molecular weight is 349 g/mol. The molecule has 0 atom stereocenters. The maximum Gasteiger partial charge on any atom is 0.255 e. The first kappa shape index (κ1) is 15.7. The van der Waals surface area contributed by atoms with E-state index in [-0.39, 0.29) is 17.2 Å². The van der Waals surface area contributed by atoms with E-state index < -0.39 is 0 Å². The third-order valence-corrected chi connectivity index (χ3v) is 4.08. The van der Waals surface area contributed by atoms with Gasteiger partial charge in [-0.25, -0.2) is 0 Å². The first-order chi connectivity index (χ1) is 11.0. The van der Waals surface area contributed by atoms with Gasteiger partial charge in [0.1, 0.15) is 5.75 Å². The molecule has 118 valence electrons. The minimum atomic E-state index is -0.336. The fourth-order valence-electron chi connectivity index (χ4n) is 2.46. The predicted molar refractivity (Wildman–Crippen MR) is 92.5 cm³/mol. The summed E-state index contributed by atoms with van der Waals surface area (Å²) in [6.45, 7) is 0.445. The summed E-state index contributed by atoms with van der Waals surface area (Å²) in [6, 6.07) is 10.1. The number of phenolic OH excluding ortho intramolecular Hbond substituents is 1. The smallest absolute Gasteiger partial charge is 0.255 e. The summed E-state index contributed by atoms with van der Waals surface area (Å²) in [4.78, 5) is 15.3. The molecule has 0 bridgehead atoms. The Morgan fingerprint density at radius 1 is 1.13 bits per heavy atom. The first-order valence-corrected chi connectivity index (χ1v) is 7.82. The van der Waals surface area contributed by atoms with Crippen molar-refractivity contribution in [2.75, 3.05) is 6.54 Å². The maximum absolute atomic E-state index is 12.1. The standard InChI is InChI=1S/C17H14Cl2N2O2/c18-11-2-4-15-14(7-11)10(9-21-15)5-6-20-17(23)13-3-1-12(19)8-16(13)22/h1-4,7-9,21-22H,5-6H2,(H,20,23). The molecule has 3 N–H and O–H groups in total. The predicted octanol–water partition coefficient (Wildman–Crippen LogP) is 4.15. The van der Waals surface area contributed by atoms with Gasteiger partial charge in [0.25, 0.3) is 5.91 Å². The van der Waals surface area contributed by atoms with Gasteiger partial charge in [-0.1, -0.05) is 23.2 Å². The summed E-state index contributed by atoms with van der Waals surface area (Å²) in [7, 11) is 0. The number of amides is 1. The van der Waals surface area contributed by atoms with E-state index >= 15 is 0 Å². The minimum Gasteiger partial charge on any atom is -0.507 e. The van der Waals surface area contributed by atoms with Crippen molar-refractivity contribution in [3.05, 3.63) is 63.8 Å². The highest BCUT2D eigenvalue weighted by Crippen LogP contribution is 2.23. The fourth-order valence-corrected chi connectivity index (χ4v) is 2.80. The molecule has 23 heavy (non-hydrogen) atoms. The van der Waals surface area contributed by atoms with Crippen LogP contribution in [0.5, 0.6) is 5.75 Å². The van der Waals surface area contributed by atoms with E-state index in [1.54, 1.807) is 6.07 Å². The lowest BCUT2D eigenvalue weighted by atomic mass is 10.1. The highest BCUT2D eigenvalue weighted by molar-refractivity contribution is 6.31. The van der Waals surface area contributed by atoms with E-state index in [0.29, 0.717) is 23.0 Å². The van der Waals surface area contributed by atoms with E-state index in [1.165, 1.54) is 12.1 Å². The Bertz CT molecular complexity index is 874. The Morgan fingerprint density at radius 3 is 2.65 bits per heavy atom. The second kappa shape index (κ2) is 6.52. The molecule has 0 radical (unpaired) electrons. The molecule has 4 nitrogen and oxygen atoms in total. The number of hydrogen-bond acceptors (Lipinski definition) is 2. The molecule has 1 aromatic heterocycles. The quantitative estimate of drug-likeness (QED) is 0.662. The number of carbonyl (C=O) groups excluding carboxylic acids is 1. The molecule has 1 heterocycles. The van der Waals surface area contributed by atoms with E-state index in [2.05, 4.69) is 10.3 Å². The number of phenols is 1. The Labute approximate surface area is 143 Å². The summed E-state index contributed by atoms with van der Waals surface area (Å²) < 4.78 is 0. The second-order valence-electron chi connectivity index (χ2n) is 5.17. The number of rotatable bonds is 4. The largest absolute Gasteiger partial charge is 0.507 e. The average Bonchev–Trinajstić information content (AvgIpc) is 2.89. The van der Waals surface area contributed by atoms with Crippen LogP contribution in [0.1, 0.15) is 15.9 Å². The van der Waals surface area contributed by atoms with Gasteiger partial charge >= 0.3 is 0 Å². The van der Waals surface area contributed by atoms with Gasteiger partial charge < -0.3 is 15.4 Å². The molecular weight excluding hydrogens is 335 g/mol. The van der Waals surface area contributed by atoms with E-state index in [4.69, 9.17) is 23.2 Å². The van der Waals surface area contributed by atoms with E-state index in [1.807, 2.05) is 24.4 Å². The molecule has 3 aromatic rings. The van der Waals surface area contributed by atoms with Crippen molar-refractivity contribution in [1.82, 2.24) is 10.3 Å². The monoisotopic (exact) mass is 348 g/mol. The molecule has 1 amide bonds. The third-order valence-electron chi connectivity index (χ3n) is 3.61. The Kier molecular flexibility index (Phi) is 4.46. The number of fused-ring (bicyclic) bond motifs is 1. The van der Waals surface area contributed by atoms with Crippen LogP contribution in [0.15, 0.2) is 42.6 Å². The highest BCUT2D eigenvalue weighted by atomic mass is 35.5. The Morgan fingerprint density at radius 2 is 1.87 bits per heavy atom. The van der Waals surface area contributed by atoms with Crippen LogP contribution in [-0.2, 0) is 6.42 Å². The lowest BCUT2D eigenvalue weighted by Crippen LogP contribution is -2.25. The van der Waals surface area contributed by atoms with Crippen LogP contribution in [0, 0.1) is 0 Å². The number of carbonyl (C=O) groups is 1. The van der Waals surface area contributed by atoms with Crippen molar-refractivity contribution >= 4 is 40.0 Å². The van der Waals surface area contributed by atoms with Crippen LogP contribution in [0.2, 0.25) is 10.0 Å². The van der Waals surface area contributed by atoms with Crippen LogP contribution >= 0.6 is 23.2 Å². The number of aromatic nitrogens is 1. The molecule has 0 fully saturated rings. The SMILES string of the molecule is O=C(NCCc1c[nH]c2ccc(Cl)cc12)c1ccc(Cl)cc1O. The minimum absolute atomic E-state index is 0.131. The summed E-state index contributed by atoms with van der Waals surface area (Å²) in [5.74, 6) is -0.467. The van der Waals surface area contributed by atoms with Crippen LogP contribution in [0.3, 0.4) is 0 Å². The lowest BCUT2D eigenvalue weighted by molar-refractivity contribution is 0.0951. The maximum atomic E-state index is 12.1. The van der Waals surface area contributed by atoms with Crippen molar-refractivity contribution in [1.29, 1.82) is 0 Å². The van der Waals surface area contributed by atoms with Gasteiger partial charge in [0.2, 0.25) is 0 Å². The number of H-pyrrole nitrogens is 1. The van der Waals surface area contributed by atoms with Crippen LogP contribution in [0.4, 0.5) is 0 Å². The number of halogens is 2. The molecule has 0 aliphatic heterocycles. The molecule has 0 aliphatic rings. The van der Waals surface area contributed by atoms with Crippen molar-refractivity contribution in [3.63, 3.8) is 0 Å². The van der Waals surface area contributed by atoms with Gasteiger partial charge in [-0.2, -0.15) is 0 Å². The number of hydrogen-bond donors (Lipinski definition) is 3. The molecule has 6 heteroatoms. The number of aromatic amines is 1. The number of nitrogens with one attached hydrogen (secondary N) is 2. The fraction of sp³-hybridized carbons (Fsp3) is 0.118. The first-order valence-electron chi connectivity index (χ1n) is 7.07. The van der Waals surface area contributed by atoms with Gasteiger partial charge in [0.15, 0.2) is 0 Å². The number of aromatic hydroxyl groups is 1. The van der Waals surface area contributed by atoms with Gasteiger partial charge in [0, 0.05) is 33.7 Å². The number of benzene rings is 2. The second-order valence-corrected chi connectivity index (χ2v) is 6.04. The third kappa shape index (κ3) is 3.44. The zero-order valence-electron chi connectivity index (χ0n) is 12.1. The molecule has 0 aliphatic carbocycles. The van der Waals surface area contributed by atoms with Gasteiger partial charge in [-0.05, 0) is 48.4 Å².